The molecule has 0 aliphatic heterocycles. The number of carbonyl (C=O) groups excluding carboxylic acids is 3. The molecule has 0 aliphatic rings. The number of nitrogens with two attached hydrogens (primary N) is 1. The molecule has 0 fully saturated rings. The van der Waals surface area contributed by atoms with Crippen molar-refractivity contribution in [2.75, 3.05) is 0 Å². The van der Waals surface area contributed by atoms with E-state index in [1.165, 1.54) is 20.8 Å². The van der Waals surface area contributed by atoms with E-state index in [4.69, 9.17) is 10.8 Å². The average molecular weight is 360 g/mol. The van der Waals surface area contributed by atoms with Gasteiger partial charge in [0.2, 0.25) is 17.7 Å². The molecule has 0 aromatic heterocycles. The molecular formula is C15H28N4O6. The Balaban J connectivity index is 5.00. The Morgan fingerprint density at radius 3 is 1.64 bits per heavy atom. The van der Waals surface area contributed by atoms with Gasteiger partial charge in [-0.15, -0.1) is 0 Å². The molecule has 0 rings (SSSR count). The Kier molecular flexibility index (Phi) is 9.07. The van der Waals surface area contributed by atoms with Crippen molar-refractivity contribution in [3.05, 3.63) is 0 Å². The Morgan fingerprint density at radius 1 is 0.800 bits per heavy atom. The molecule has 25 heavy (non-hydrogen) atoms. The minimum absolute atomic E-state index is 0.358. The first-order valence-corrected chi connectivity index (χ1v) is 7.96. The van der Waals surface area contributed by atoms with E-state index in [9.17, 15) is 24.3 Å². The van der Waals surface area contributed by atoms with Gasteiger partial charge in [0.05, 0.1) is 12.1 Å². The van der Waals surface area contributed by atoms with Crippen molar-refractivity contribution in [1.82, 2.24) is 16.0 Å². The van der Waals surface area contributed by atoms with E-state index < -0.39 is 54.0 Å². The molecule has 0 saturated carbocycles. The Bertz CT molecular complexity index is 506. The van der Waals surface area contributed by atoms with E-state index >= 15 is 0 Å². The SMILES string of the molecule is CC(N)C(=O)NC(C)C(=O)NC(C(=O)NC(C(=O)O)C(C)O)C(C)C. The summed E-state index contributed by atoms with van der Waals surface area (Å²) >= 11 is 0. The van der Waals surface area contributed by atoms with Crippen molar-refractivity contribution in [2.45, 2.75) is 64.9 Å². The number of rotatable bonds is 9. The quantitative estimate of drug-likeness (QED) is 0.274. The zero-order chi connectivity index (χ0) is 19.9. The van der Waals surface area contributed by atoms with Gasteiger partial charge in [-0.25, -0.2) is 4.79 Å². The van der Waals surface area contributed by atoms with Crippen LogP contribution in [0.5, 0.6) is 0 Å². The van der Waals surface area contributed by atoms with Gasteiger partial charge in [0.25, 0.3) is 0 Å². The number of hydrogen-bond acceptors (Lipinski definition) is 6. The third kappa shape index (κ3) is 7.48. The first kappa shape index (κ1) is 22.8. The third-order valence-corrected chi connectivity index (χ3v) is 3.46. The van der Waals surface area contributed by atoms with Gasteiger partial charge in [0.1, 0.15) is 12.1 Å². The van der Waals surface area contributed by atoms with Gasteiger partial charge >= 0.3 is 5.97 Å². The van der Waals surface area contributed by atoms with E-state index in [2.05, 4.69) is 16.0 Å². The molecule has 0 spiro atoms. The van der Waals surface area contributed by atoms with Crippen LogP contribution in [0.1, 0.15) is 34.6 Å². The van der Waals surface area contributed by atoms with Crippen LogP contribution in [0.3, 0.4) is 0 Å². The lowest BCUT2D eigenvalue weighted by atomic mass is 10.0. The summed E-state index contributed by atoms with van der Waals surface area (Å²) in [4.78, 5) is 47.0. The monoisotopic (exact) mass is 360 g/mol. The predicted octanol–water partition coefficient (Wildman–Crippen LogP) is -2.07. The second-order valence-corrected chi connectivity index (χ2v) is 6.31. The second kappa shape index (κ2) is 9.94. The Hall–Kier alpha value is -2.20. The van der Waals surface area contributed by atoms with Crippen molar-refractivity contribution in [3.63, 3.8) is 0 Å². The zero-order valence-corrected chi connectivity index (χ0v) is 15.1. The standard InChI is InChI=1S/C15H28N4O6/c1-6(2)10(14(23)19-11(9(5)20)15(24)25)18-13(22)8(4)17-12(21)7(3)16/h6-11,20H,16H2,1-5H3,(H,17,21)(H,18,22)(H,19,23)(H,24,25). The molecular weight excluding hydrogens is 332 g/mol. The molecule has 10 heteroatoms. The molecule has 5 atom stereocenters. The van der Waals surface area contributed by atoms with Crippen LogP contribution in [0, 0.1) is 5.92 Å². The van der Waals surface area contributed by atoms with Crippen molar-refractivity contribution < 1.29 is 29.4 Å². The van der Waals surface area contributed by atoms with Crippen molar-refractivity contribution in [1.29, 1.82) is 0 Å². The smallest absolute Gasteiger partial charge is 0.328 e. The first-order valence-electron chi connectivity index (χ1n) is 7.96. The number of carboxylic acid groups (broad SMARTS) is 1. The maximum atomic E-state index is 12.3. The number of amides is 3. The van der Waals surface area contributed by atoms with Crippen molar-refractivity contribution in [3.8, 4) is 0 Å². The van der Waals surface area contributed by atoms with Gasteiger partial charge in [-0.05, 0) is 26.7 Å². The molecule has 0 bridgehead atoms. The largest absolute Gasteiger partial charge is 0.480 e. The lowest BCUT2D eigenvalue weighted by Gasteiger charge is -2.26. The van der Waals surface area contributed by atoms with Gasteiger partial charge in [0, 0.05) is 0 Å². The van der Waals surface area contributed by atoms with E-state index in [1.54, 1.807) is 13.8 Å². The average Bonchev–Trinajstić information content (AvgIpc) is 2.48. The topological polar surface area (TPSA) is 171 Å². The minimum atomic E-state index is -1.50. The van der Waals surface area contributed by atoms with Crippen LogP contribution >= 0.6 is 0 Å². The highest BCUT2D eigenvalue weighted by molar-refractivity contribution is 5.94. The number of carboxylic acids is 1. The van der Waals surface area contributed by atoms with Gasteiger partial charge in [-0.2, -0.15) is 0 Å². The van der Waals surface area contributed by atoms with Gasteiger partial charge in [0.15, 0.2) is 6.04 Å². The fourth-order valence-corrected chi connectivity index (χ4v) is 1.86. The molecule has 0 radical (unpaired) electrons. The van der Waals surface area contributed by atoms with Crippen LogP contribution in [-0.4, -0.2) is 64.2 Å². The lowest BCUT2D eigenvalue weighted by molar-refractivity contribution is -0.145. The van der Waals surface area contributed by atoms with Gasteiger partial charge in [-0.1, -0.05) is 13.8 Å². The van der Waals surface area contributed by atoms with Crippen LogP contribution in [0.2, 0.25) is 0 Å². The van der Waals surface area contributed by atoms with Gasteiger partial charge in [-0.3, -0.25) is 14.4 Å². The predicted molar refractivity (Wildman–Crippen MR) is 89.3 cm³/mol. The van der Waals surface area contributed by atoms with Crippen LogP contribution in [0.25, 0.3) is 0 Å². The number of hydrogen-bond donors (Lipinski definition) is 6. The maximum Gasteiger partial charge on any atom is 0.328 e. The maximum absolute atomic E-state index is 12.3. The third-order valence-electron chi connectivity index (χ3n) is 3.46. The van der Waals surface area contributed by atoms with E-state index in [0.29, 0.717) is 0 Å². The summed E-state index contributed by atoms with van der Waals surface area (Å²) in [5.41, 5.74) is 5.41. The zero-order valence-electron chi connectivity index (χ0n) is 15.1. The van der Waals surface area contributed by atoms with Gasteiger partial charge < -0.3 is 31.9 Å². The summed E-state index contributed by atoms with van der Waals surface area (Å²) in [6, 6.07) is -4.26. The molecule has 0 heterocycles. The molecule has 0 aromatic carbocycles. The molecule has 0 saturated heterocycles. The molecule has 7 N–H and O–H groups in total. The van der Waals surface area contributed by atoms with Crippen LogP contribution in [0.15, 0.2) is 0 Å². The summed E-state index contributed by atoms with van der Waals surface area (Å²) in [5, 5.41) is 25.5. The fraction of sp³-hybridized carbons (Fsp3) is 0.733. The highest BCUT2D eigenvalue weighted by Gasteiger charge is 2.32. The molecule has 5 unspecified atom stereocenters. The Morgan fingerprint density at radius 2 is 1.28 bits per heavy atom. The summed E-state index contributed by atoms with van der Waals surface area (Å²) < 4.78 is 0. The van der Waals surface area contributed by atoms with Crippen LogP contribution in [0.4, 0.5) is 0 Å². The molecule has 0 aliphatic carbocycles. The minimum Gasteiger partial charge on any atom is -0.480 e. The highest BCUT2D eigenvalue weighted by atomic mass is 16.4. The van der Waals surface area contributed by atoms with E-state index in [-0.39, 0.29) is 5.92 Å². The normalized spacial score (nSPS) is 17.0. The van der Waals surface area contributed by atoms with Crippen LogP contribution < -0.4 is 21.7 Å². The Labute approximate surface area is 146 Å². The lowest BCUT2D eigenvalue weighted by Crippen LogP contribution is -2.59. The number of aliphatic carboxylic acids is 1. The number of carbonyl (C=O) groups is 4. The first-order chi connectivity index (χ1) is 11.4. The summed E-state index contributed by atoms with van der Waals surface area (Å²) in [5.74, 6) is -3.64. The molecule has 0 aromatic rings. The molecule has 10 nitrogen and oxygen atoms in total. The second-order valence-electron chi connectivity index (χ2n) is 6.31. The number of nitrogens with one attached hydrogen (secondary N) is 3. The van der Waals surface area contributed by atoms with Crippen LogP contribution in [-0.2, 0) is 19.2 Å². The van der Waals surface area contributed by atoms with E-state index in [0.717, 1.165) is 0 Å². The number of aliphatic hydroxyl groups is 1. The highest BCUT2D eigenvalue weighted by Crippen LogP contribution is 2.04. The molecule has 144 valence electrons. The van der Waals surface area contributed by atoms with Crippen molar-refractivity contribution >= 4 is 23.7 Å². The fourth-order valence-electron chi connectivity index (χ4n) is 1.86. The summed E-state index contributed by atoms with van der Waals surface area (Å²) in [7, 11) is 0. The van der Waals surface area contributed by atoms with Crippen molar-refractivity contribution in [2.24, 2.45) is 11.7 Å². The summed E-state index contributed by atoms with van der Waals surface area (Å²) in [6.07, 6.45) is -1.31. The van der Waals surface area contributed by atoms with E-state index in [1.807, 2.05) is 0 Å². The molecule has 3 amide bonds. The number of aliphatic hydroxyl groups excluding tert-OH is 1. The summed E-state index contributed by atoms with van der Waals surface area (Å²) in [6.45, 7) is 7.45.